The molecule has 1 aromatic carbocycles. The Balaban J connectivity index is 1.81. The first-order chi connectivity index (χ1) is 10.5. The summed E-state index contributed by atoms with van der Waals surface area (Å²) in [5.74, 6) is -0.0844. The number of amides is 2. The van der Waals surface area contributed by atoms with Crippen LogP contribution in [0.3, 0.4) is 0 Å². The molecule has 1 saturated carbocycles. The Labute approximate surface area is 132 Å². The van der Waals surface area contributed by atoms with Crippen molar-refractivity contribution < 1.29 is 9.59 Å². The summed E-state index contributed by atoms with van der Waals surface area (Å²) in [5.41, 5.74) is 1.07. The van der Waals surface area contributed by atoms with E-state index in [2.05, 4.69) is 10.6 Å². The maximum Gasteiger partial charge on any atom is 0.237 e. The zero-order valence-electron chi connectivity index (χ0n) is 13.5. The van der Waals surface area contributed by atoms with Gasteiger partial charge in [-0.15, -0.1) is 0 Å². The van der Waals surface area contributed by atoms with Gasteiger partial charge in [-0.2, -0.15) is 0 Å². The molecule has 22 heavy (non-hydrogen) atoms. The van der Waals surface area contributed by atoms with Gasteiger partial charge in [-0.25, -0.2) is 0 Å². The van der Waals surface area contributed by atoms with Crippen molar-refractivity contribution in [1.82, 2.24) is 15.5 Å². The minimum atomic E-state index is -0.351. The van der Waals surface area contributed by atoms with Gasteiger partial charge in [-0.3, -0.25) is 14.5 Å². The van der Waals surface area contributed by atoms with E-state index in [1.165, 1.54) is 0 Å². The maximum absolute atomic E-state index is 12.3. The third-order valence-electron chi connectivity index (χ3n) is 4.03. The third-order valence-corrected chi connectivity index (χ3v) is 4.03. The second-order valence-corrected chi connectivity index (χ2v) is 6.07. The van der Waals surface area contributed by atoms with Gasteiger partial charge in [-0.1, -0.05) is 30.3 Å². The highest BCUT2D eigenvalue weighted by Crippen LogP contribution is 2.18. The molecule has 2 atom stereocenters. The lowest BCUT2D eigenvalue weighted by atomic mass is 10.1. The first-order valence-corrected chi connectivity index (χ1v) is 7.82. The minimum absolute atomic E-state index is 0.0132. The predicted molar refractivity (Wildman–Crippen MR) is 86.3 cm³/mol. The molecule has 0 aliphatic heterocycles. The molecule has 1 aliphatic rings. The second kappa shape index (κ2) is 7.40. The molecule has 1 fully saturated rings. The summed E-state index contributed by atoms with van der Waals surface area (Å²) in [7, 11) is 1.80. The molecule has 1 aliphatic carbocycles. The Morgan fingerprint density at radius 2 is 1.86 bits per heavy atom. The Morgan fingerprint density at radius 1 is 1.23 bits per heavy atom. The summed E-state index contributed by atoms with van der Waals surface area (Å²) in [6.07, 6.45) is 2.14. The third kappa shape index (κ3) is 4.84. The van der Waals surface area contributed by atoms with Crippen LogP contribution in [0.1, 0.15) is 38.3 Å². The molecule has 0 bridgehead atoms. The molecule has 1 aromatic rings. The molecule has 0 aromatic heterocycles. The molecule has 2 rings (SSSR count). The number of hydrogen-bond donors (Lipinski definition) is 2. The van der Waals surface area contributed by atoms with Crippen LogP contribution < -0.4 is 10.6 Å². The van der Waals surface area contributed by atoms with E-state index in [0.29, 0.717) is 6.04 Å². The van der Waals surface area contributed by atoms with E-state index < -0.39 is 0 Å². The fraction of sp³-hybridized carbons (Fsp3) is 0.529. The van der Waals surface area contributed by atoms with Gasteiger partial charge in [-0.05, 0) is 39.3 Å². The molecule has 0 radical (unpaired) electrons. The maximum atomic E-state index is 12.3. The van der Waals surface area contributed by atoms with Gasteiger partial charge in [0.2, 0.25) is 11.8 Å². The smallest absolute Gasteiger partial charge is 0.237 e. The van der Waals surface area contributed by atoms with Crippen LogP contribution in [-0.2, 0) is 9.59 Å². The van der Waals surface area contributed by atoms with E-state index in [4.69, 9.17) is 0 Å². The minimum Gasteiger partial charge on any atom is -0.352 e. The van der Waals surface area contributed by atoms with Crippen molar-refractivity contribution in [2.45, 2.75) is 44.8 Å². The number of likely N-dealkylation sites (N-methyl/N-ethyl adjacent to an activating group) is 1. The van der Waals surface area contributed by atoms with Crippen molar-refractivity contribution in [1.29, 1.82) is 0 Å². The number of nitrogens with one attached hydrogen (secondary N) is 2. The van der Waals surface area contributed by atoms with Crippen LogP contribution >= 0.6 is 0 Å². The summed E-state index contributed by atoms with van der Waals surface area (Å²) >= 11 is 0. The van der Waals surface area contributed by atoms with Gasteiger partial charge < -0.3 is 10.6 Å². The highest BCUT2D eigenvalue weighted by atomic mass is 16.2. The topological polar surface area (TPSA) is 61.4 Å². The highest BCUT2D eigenvalue weighted by molar-refractivity contribution is 5.83. The Morgan fingerprint density at radius 3 is 2.45 bits per heavy atom. The predicted octanol–water partition coefficient (Wildman–Crippen LogP) is 1.46. The number of carbonyl (C=O) groups excluding carboxylic acids is 2. The summed E-state index contributed by atoms with van der Waals surface area (Å²) < 4.78 is 0. The molecule has 5 heteroatoms. The van der Waals surface area contributed by atoms with Gasteiger partial charge in [0.05, 0.1) is 18.6 Å². The Bertz CT molecular complexity index is 514. The van der Waals surface area contributed by atoms with E-state index in [0.717, 1.165) is 18.4 Å². The normalized spacial score (nSPS) is 16.9. The van der Waals surface area contributed by atoms with Gasteiger partial charge in [0, 0.05) is 6.04 Å². The van der Waals surface area contributed by atoms with E-state index in [1.807, 2.05) is 44.2 Å². The molecule has 2 amide bonds. The molecular weight excluding hydrogens is 278 g/mol. The van der Waals surface area contributed by atoms with E-state index in [9.17, 15) is 9.59 Å². The number of rotatable bonds is 7. The van der Waals surface area contributed by atoms with Crippen LogP contribution in [-0.4, -0.2) is 42.4 Å². The van der Waals surface area contributed by atoms with Gasteiger partial charge in [0.25, 0.3) is 0 Å². The Hall–Kier alpha value is -1.88. The van der Waals surface area contributed by atoms with Crippen molar-refractivity contribution in [2.24, 2.45) is 0 Å². The van der Waals surface area contributed by atoms with E-state index in [1.54, 1.807) is 11.9 Å². The number of hydrogen-bond acceptors (Lipinski definition) is 3. The van der Waals surface area contributed by atoms with Gasteiger partial charge in [0.1, 0.15) is 0 Å². The SMILES string of the molecule is CC(NC(=O)C(C)N(C)CC(=O)NC1CC1)c1ccccc1. The largest absolute Gasteiger partial charge is 0.352 e. The molecule has 5 nitrogen and oxygen atoms in total. The van der Waals surface area contributed by atoms with Crippen molar-refractivity contribution in [3.8, 4) is 0 Å². The van der Waals surface area contributed by atoms with Gasteiger partial charge in [0.15, 0.2) is 0 Å². The molecule has 120 valence electrons. The monoisotopic (exact) mass is 303 g/mol. The van der Waals surface area contributed by atoms with Crippen LogP contribution in [0.5, 0.6) is 0 Å². The molecular formula is C17H25N3O2. The lowest BCUT2D eigenvalue weighted by Crippen LogP contribution is -2.47. The first-order valence-electron chi connectivity index (χ1n) is 7.82. The van der Waals surface area contributed by atoms with Crippen LogP contribution in [0.2, 0.25) is 0 Å². The Kier molecular flexibility index (Phi) is 5.55. The number of benzene rings is 1. The van der Waals surface area contributed by atoms with Crippen LogP contribution in [0.25, 0.3) is 0 Å². The average molecular weight is 303 g/mol. The standard InChI is InChI=1S/C17H25N3O2/c1-12(14-7-5-4-6-8-14)18-17(22)13(2)20(3)11-16(21)19-15-9-10-15/h4-8,12-13,15H,9-11H2,1-3H3,(H,18,22)(H,19,21). The van der Waals surface area contributed by atoms with Crippen LogP contribution in [0, 0.1) is 0 Å². The quantitative estimate of drug-likeness (QED) is 0.802. The zero-order chi connectivity index (χ0) is 16.1. The van der Waals surface area contributed by atoms with Crippen molar-refractivity contribution in [3.63, 3.8) is 0 Å². The van der Waals surface area contributed by atoms with Gasteiger partial charge >= 0.3 is 0 Å². The molecule has 2 unspecified atom stereocenters. The summed E-state index contributed by atoms with van der Waals surface area (Å²) in [5, 5.41) is 5.92. The summed E-state index contributed by atoms with van der Waals surface area (Å²) in [6.45, 7) is 4.02. The molecule has 0 spiro atoms. The lowest BCUT2D eigenvalue weighted by Gasteiger charge is -2.25. The fourth-order valence-electron chi connectivity index (χ4n) is 2.22. The van der Waals surface area contributed by atoms with Crippen LogP contribution in [0.15, 0.2) is 30.3 Å². The van der Waals surface area contributed by atoms with E-state index in [-0.39, 0.29) is 30.4 Å². The molecule has 2 N–H and O–H groups in total. The van der Waals surface area contributed by atoms with Crippen molar-refractivity contribution in [3.05, 3.63) is 35.9 Å². The highest BCUT2D eigenvalue weighted by Gasteiger charge is 2.26. The van der Waals surface area contributed by atoms with Crippen LogP contribution in [0.4, 0.5) is 0 Å². The average Bonchev–Trinajstić information content (AvgIpc) is 3.30. The van der Waals surface area contributed by atoms with E-state index >= 15 is 0 Å². The molecule has 0 heterocycles. The zero-order valence-corrected chi connectivity index (χ0v) is 13.5. The molecule has 0 saturated heterocycles. The second-order valence-electron chi connectivity index (χ2n) is 6.07. The van der Waals surface area contributed by atoms with Crippen molar-refractivity contribution in [2.75, 3.05) is 13.6 Å². The summed E-state index contributed by atoms with van der Waals surface area (Å²) in [6, 6.07) is 9.78. The number of nitrogens with zero attached hydrogens (tertiary/aromatic N) is 1. The summed E-state index contributed by atoms with van der Waals surface area (Å²) in [4.78, 5) is 25.9. The van der Waals surface area contributed by atoms with Crippen molar-refractivity contribution >= 4 is 11.8 Å². The fourth-order valence-corrected chi connectivity index (χ4v) is 2.22. The number of carbonyl (C=O) groups is 2. The first kappa shape index (κ1) is 16.5. The lowest BCUT2D eigenvalue weighted by molar-refractivity contribution is -0.128.